The molecule has 0 atom stereocenters. The number of carboxylic acids is 1. The second kappa shape index (κ2) is 13.8. The summed E-state index contributed by atoms with van der Waals surface area (Å²) < 4.78 is 59.5. The first-order chi connectivity index (χ1) is 16.5. The number of hydrogen-bond donors (Lipinski definition) is 2. The van der Waals surface area contributed by atoms with Crippen molar-refractivity contribution in [1.29, 1.82) is 0 Å². The van der Waals surface area contributed by atoms with Crippen LogP contribution in [0.1, 0.15) is 25.7 Å². The number of alkyl halides is 3. The number of nitrogens with zero attached hydrogens (tertiary/aromatic N) is 3. The van der Waals surface area contributed by atoms with Gasteiger partial charge in [-0.25, -0.2) is 13.2 Å². The predicted octanol–water partition coefficient (Wildman–Crippen LogP) is 1.62. The lowest BCUT2D eigenvalue weighted by atomic mass is 10.3. The van der Waals surface area contributed by atoms with Gasteiger partial charge in [0.05, 0.1) is 4.90 Å². The van der Waals surface area contributed by atoms with E-state index in [1.54, 1.807) is 24.3 Å². The van der Waals surface area contributed by atoms with Gasteiger partial charge >= 0.3 is 12.1 Å². The lowest BCUT2D eigenvalue weighted by Crippen LogP contribution is -2.47. The number of halogens is 3. The van der Waals surface area contributed by atoms with E-state index in [4.69, 9.17) is 9.90 Å². The maximum absolute atomic E-state index is 13.1. The summed E-state index contributed by atoms with van der Waals surface area (Å²) in [5.41, 5.74) is 0. The molecule has 0 unspecified atom stereocenters. The SMILES string of the molecule is O=C(CCN(CCCN1CCCC1)S(=O)(=O)c1ccccc1)N1CCNCC1.O=C(O)C(F)(F)F. The van der Waals surface area contributed by atoms with Crippen molar-refractivity contribution in [3.05, 3.63) is 30.3 Å². The van der Waals surface area contributed by atoms with Gasteiger partial charge in [0.2, 0.25) is 15.9 Å². The van der Waals surface area contributed by atoms with Gasteiger partial charge in [-0.3, -0.25) is 4.79 Å². The van der Waals surface area contributed by atoms with Crippen LogP contribution in [-0.2, 0) is 19.6 Å². The van der Waals surface area contributed by atoms with E-state index in [1.807, 2.05) is 11.0 Å². The molecule has 35 heavy (non-hydrogen) atoms. The fourth-order valence-electron chi connectivity index (χ4n) is 3.86. The summed E-state index contributed by atoms with van der Waals surface area (Å²) in [6.45, 7) is 6.79. The molecule has 0 aliphatic carbocycles. The van der Waals surface area contributed by atoms with Crippen molar-refractivity contribution < 1.29 is 36.3 Å². The van der Waals surface area contributed by atoms with Crippen molar-refractivity contribution in [3.63, 3.8) is 0 Å². The Labute approximate surface area is 203 Å². The quantitative estimate of drug-likeness (QED) is 0.507. The van der Waals surface area contributed by atoms with Gasteiger partial charge < -0.3 is 20.2 Å². The Morgan fingerprint density at radius 2 is 1.57 bits per heavy atom. The Bertz CT molecular complexity index is 903. The second-order valence-corrected chi connectivity index (χ2v) is 10.2. The van der Waals surface area contributed by atoms with Crippen LogP contribution in [0.5, 0.6) is 0 Å². The summed E-state index contributed by atoms with van der Waals surface area (Å²) in [6.07, 6.45) is -1.61. The molecule has 0 aromatic heterocycles. The molecule has 0 spiro atoms. The molecule has 2 heterocycles. The fraction of sp³-hybridized carbons (Fsp3) is 0.636. The Morgan fingerprint density at radius 1 is 1.00 bits per heavy atom. The molecule has 1 aromatic rings. The minimum absolute atomic E-state index is 0.0364. The Morgan fingerprint density at radius 3 is 2.11 bits per heavy atom. The number of aliphatic carboxylic acids is 1. The monoisotopic (exact) mass is 522 g/mol. The van der Waals surface area contributed by atoms with Crippen molar-refractivity contribution >= 4 is 21.9 Å². The number of hydrogen-bond acceptors (Lipinski definition) is 6. The number of carboxylic acid groups (broad SMARTS) is 1. The van der Waals surface area contributed by atoms with Crippen LogP contribution in [0.2, 0.25) is 0 Å². The average molecular weight is 523 g/mol. The van der Waals surface area contributed by atoms with Crippen LogP contribution < -0.4 is 5.32 Å². The average Bonchev–Trinajstić information content (AvgIpc) is 3.35. The molecule has 2 N–H and O–H groups in total. The minimum atomic E-state index is -5.08. The molecule has 0 bridgehead atoms. The summed E-state index contributed by atoms with van der Waals surface area (Å²) in [7, 11) is -3.59. The molecular weight excluding hydrogens is 489 g/mol. The van der Waals surface area contributed by atoms with Gasteiger partial charge in [-0.15, -0.1) is 0 Å². The molecule has 13 heteroatoms. The zero-order valence-electron chi connectivity index (χ0n) is 19.5. The highest BCUT2D eigenvalue weighted by atomic mass is 32.2. The summed E-state index contributed by atoms with van der Waals surface area (Å²) in [6, 6.07) is 8.54. The van der Waals surface area contributed by atoms with Crippen LogP contribution in [-0.4, -0.2) is 105 Å². The fourth-order valence-corrected chi connectivity index (χ4v) is 5.36. The molecule has 3 rings (SSSR count). The zero-order valence-corrected chi connectivity index (χ0v) is 20.4. The first-order valence-corrected chi connectivity index (χ1v) is 13.0. The summed E-state index contributed by atoms with van der Waals surface area (Å²) >= 11 is 0. The van der Waals surface area contributed by atoms with Crippen molar-refractivity contribution in [2.45, 2.75) is 36.8 Å². The van der Waals surface area contributed by atoms with Gasteiger partial charge in [-0.05, 0) is 51.0 Å². The van der Waals surface area contributed by atoms with E-state index in [9.17, 15) is 26.4 Å². The van der Waals surface area contributed by atoms with Gasteiger partial charge in [0.25, 0.3) is 0 Å². The highest BCUT2D eigenvalue weighted by molar-refractivity contribution is 7.89. The molecule has 2 aliphatic rings. The lowest BCUT2D eigenvalue weighted by molar-refractivity contribution is -0.192. The van der Waals surface area contributed by atoms with Crippen LogP contribution in [0, 0.1) is 0 Å². The normalized spacial score (nSPS) is 17.2. The maximum Gasteiger partial charge on any atom is 0.490 e. The molecule has 2 fully saturated rings. The van der Waals surface area contributed by atoms with E-state index in [0.29, 0.717) is 24.5 Å². The van der Waals surface area contributed by atoms with Crippen LogP contribution in [0.3, 0.4) is 0 Å². The Hall–Kier alpha value is -2.22. The van der Waals surface area contributed by atoms with E-state index in [1.165, 1.54) is 17.1 Å². The minimum Gasteiger partial charge on any atom is -0.475 e. The molecule has 1 amide bonds. The third-order valence-corrected chi connectivity index (χ3v) is 7.66. The van der Waals surface area contributed by atoms with Crippen molar-refractivity contribution in [2.24, 2.45) is 0 Å². The van der Waals surface area contributed by atoms with Gasteiger partial charge in [-0.2, -0.15) is 17.5 Å². The predicted molar refractivity (Wildman–Crippen MR) is 123 cm³/mol. The highest BCUT2D eigenvalue weighted by Crippen LogP contribution is 2.17. The number of carbonyl (C=O) groups excluding carboxylic acids is 1. The van der Waals surface area contributed by atoms with E-state index in [0.717, 1.165) is 39.1 Å². The molecule has 2 saturated heterocycles. The highest BCUT2D eigenvalue weighted by Gasteiger charge is 2.38. The standard InChI is InChI=1S/C20H32N4O3S.C2HF3O2/c25-20(23-17-10-21-11-18-23)9-16-24(15-6-14-22-12-4-5-13-22)28(26,27)19-7-2-1-3-8-19;3-2(4,5)1(6)7/h1-3,7-8,21H,4-6,9-18H2;(H,6,7). The molecule has 9 nitrogen and oxygen atoms in total. The number of benzene rings is 1. The van der Waals surface area contributed by atoms with E-state index in [-0.39, 0.29) is 18.9 Å². The van der Waals surface area contributed by atoms with E-state index < -0.39 is 22.2 Å². The summed E-state index contributed by atoms with van der Waals surface area (Å²) in [5, 5.41) is 10.4. The number of carbonyl (C=O) groups is 2. The Kier molecular flexibility index (Phi) is 11.4. The number of likely N-dealkylation sites (tertiary alicyclic amines) is 1. The Balaban J connectivity index is 0.000000540. The number of piperazine rings is 1. The lowest BCUT2D eigenvalue weighted by Gasteiger charge is -2.29. The molecule has 198 valence electrons. The van der Waals surface area contributed by atoms with E-state index >= 15 is 0 Å². The molecule has 1 aromatic carbocycles. The number of nitrogens with one attached hydrogen (secondary N) is 1. The molecule has 0 saturated carbocycles. The first-order valence-electron chi connectivity index (χ1n) is 11.6. The van der Waals surface area contributed by atoms with Crippen LogP contribution in [0.15, 0.2) is 35.2 Å². The zero-order chi connectivity index (χ0) is 25.9. The van der Waals surface area contributed by atoms with E-state index in [2.05, 4.69) is 10.2 Å². The van der Waals surface area contributed by atoms with Gasteiger partial charge in [0.1, 0.15) is 0 Å². The summed E-state index contributed by atoms with van der Waals surface area (Å²) in [4.78, 5) is 25.9. The topological polar surface area (TPSA) is 110 Å². The van der Waals surface area contributed by atoms with Gasteiger partial charge in [0.15, 0.2) is 0 Å². The number of amides is 1. The number of rotatable bonds is 9. The van der Waals surface area contributed by atoms with Crippen molar-refractivity contribution in [1.82, 2.24) is 19.4 Å². The van der Waals surface area contributed by atoms with Crippen LogP contribution in [0.25, 0.3) is 0 Å². The third-order valence-electron chi connectivity index (χ3n) is 5.75. The second-order valence-electron chi connectivity index (χ2n) is 8.30. The largest absolute Gasteiger partial charge is 0.490 e. The molecule has 2 aliphatic heterocycles. The smallest absolute Gasteiger partial charge is 0.475 e. The van der Waals surface area contributed by atoms with Crippen molar-refractivity contribution in [3.8, 4) is 0 Å². The van der Waals surface area contributed by atoms with Crippen LogP contribution in [0.4, 0.5) is 13.2 Å². The van der Waals surface area contributed by atoms with Crippen LogP contribution >= 0.6 is 0 Å². The van der Waals surface area contributed by atoms with Crippen molar-refractivity contribution in [2.75, 3.05) is 58.9 Å². The summed E-state index contributed by atoms with van der Waals surface area (Å²) in [5.74, 6) is -2.72. The maximum atomic E-state index is 13.1. The first kappa shape index (κ1) is 29.0. The molecule has 0 radical (unpaired) electrons. The third kappa shape index (κ3) is 9.74. The van der Waals surface area contributed by atoms with Gasteiger partial charge in [0, 0.05) is 45.7 Å². The molecular formula is C22H33F3N4O5S. The van der Waals surface area contributed by atoms with Gasteiger partial charge in [-0.1, -0.05) is 18.2 Å². The number of sulfonamides is 1.